The summed E-state index contributed by atoms with van der Waals surface area (Å²) in [6.07, 6.45) is 0. The molecule has 1 saturated heterocycles. The van der Waals surface area contributed by atoms with Crippen LogP contribution in [-0.4, -0.2) is 40.5 Å². The Morgan fingerprint density at radius 1 is 0.815 bits per heavy atom. The highest BCUT2D eigenvalue weighted by Crippen LogP contribution is 2.17. The van der Waals surface area contributed by atoms with Crippen LogP contribution < -0.4 is 5.43 Å². The summed E-state index contributed by atoms with van der Waals surface area (Å²) in [7, 11) is 2.05. The molecule has 1 fully saturated rings. The number of aryl methyl sites for hydroxylation is 1. The molecule has 3 aromatic rings. The zero-order valence-corrected chi connectivity index (χ0v) is 16.2. The maximum atomic E-state index is 13.0. The first kappa shape index (κ1) is 18.0. The van der Waals surface area contributed by atoms with Crippen LogP contribution in [0.1, 0.15) is 16.8 Å². The first-order chi connectivity index (χ1) is 13.1. The van der Waals surface area contributed by atoms with E-state index in [1.807, 2.05) is 24.3 Å². The molecule has 1 aromatic heterocycles. The normalized spacial score (nSPS) is 16.1. The van der Waals surface area contributed by atoms with Gasteiger partial charge in [-0.1, -0.05) is 42.5 Å². The molecule has 0 saturated carbocycles. The molecule has 27 heavy (non-hydrogen) atoms. The molecule has 4 rings (SSSR count). The largest absolute Gasteiger partial charge is 0.347 e. The summed E-state index contributed by atoms with van der Waals surface area (Å²) in [6, 6.07) is 18.6. The Kier molecular flexibility index (Phi) is 5.10. The maximum Gasteiger partial charge on any atom is 0.194 e. The molecule has 0 radical (unpaired) electrons. The summed E-state index contributed by atoms with van der Waals surface area (Å²) >= 11 is 0. The lowest BCUT2D eigenvalue weighted by Gasteiger charge is -2.35. The van der Waals surface area contributed by atoms with Gasteiger partial charge in [0, 0.05) is 63.0 Å². The van der Waals surface area contributed by atoms with Crippen LogP contribution in [0.25, 0.3) is 10.9 Å². The molecular weight excluding hydrogens is 334 g/mol. The Morgan fingerprint density at radius 3 is 2.11 bits per heavy atom. The van der Waals surface area contributed by atoms with Gasteiger partial charge < -0.3 is 4.57 Å². The van der Waals surface area contributed by atoms with Crippen molar-refractivity contribution in [1.82, 2.24) is 14.4 Å². The van der Waals surface area contributed by atoms with Crippen LogP contribution in [0.5, 0.6) is 0 Å². The number of benzene rings is 2. The highest BCUT2D eigenvalue weighted by Gasteiger charge is 2.20. The number of piperazine rings is 1. The average Bonchev–Trinajstić information content (AvgIpc) is 2.71. The first-order valence-corrected chi connectivity index (χ1v) is 9.69. The summed E-state index contributed by atoms with van der Waals surface area (Å²) in [6.45, 7) is 7.90. The van der Waals surface area contributed by atoms with Crippen LogP contribution in [0.3, 0.4) is 0 Å². The van der Waals surface area contributed by atoms with Gasteiger partial charge in [0.1, 0.15) is 0 Å². The number of hydrogen-bond acceptors (Lipinski definition) is 3. The SMILES string of the molecule is Cc1c(CN2CCN(Cc3ccccc3)CC2)c(=O)c2ccccc2n1C. The van der Waals surface area contributed by atoms with E-state index in [0.29, 0.717) is 0 Å². The molecule has 0 bridgehead atoms. The van der Waals surface area contributed by atoms with Crippen LogP contribution in [0.15, 0.2) is 59.4 Å². The lowest BCUT2D eigenvalue weighted by molar-refractivity contribution is 0.121. The molecule has 140 valence electrons. The summed E-state index contributed by atoms with van der Waals surface area (Å²) < 4.78 is 2.15. The monoisotopic (exact) mass is 361 g/mol. The van der Waals surface area contributed by atoms with Crippen LogP contribution in [0.4, 0.5) is 0 Å². The third-order valence-electron chi connectivity index (χ3n) is 5.82. The second-order valence-corrected chi connectivity index (χ2v) is 7.51. The van der Waals surface area contributed by atoms with Gasteiger partial charge in [0.05, 0.1) is 5.52 Å². The first-order valence-electron chi connectivity index (χ1n) is 9.69. The molecule has 1 aliphatic heterocycles. The molecule has 2 aromatic carbocycles. The van der Waals surface area contributed by atoms with Crippen LogP contribution in [0.2, 0.25) is 0 Å². The standard InChI is InChI=1S/C23H27N3O/c1-18-21(23(27)20-10-6-7-11-22(20)24(18)2)17-26-14-12-25(13-15-26)16-19-8-4-3-5-9-19/h3-11H,12-17H2,1-2H3. The van der Waals surface area contributed by atoms with Gasteiger partial charge >= 0.3 is 0 Å². The number of aromatic nitrogens is 1. The second kappa shape index (κ2) is 7.67. The van der Waals surface area contributed by atoms with Gasteiger partial charge in [-0.2, -0.15) is 0 Å². The van der Waals surface area contributed by atoms with E-state index in [9.17, 15) is 4.79 Å². The molecule has 4 nitrogen and oxygen atoms in total. The predicted octanol–water partition coefficient (Wildman–Crippen LogP) is 3.16. The van der Waals surface area contributed by atoms with E-state index in [0.717, 1.165) is 61.4 Å². The van der Waals surface area contributed by atoms with Crippen LogP contribution in [-0.2, 0) is 20.1 Å². The molecule has 0 amide bonds. The lowest BCUT2D eigenvalue weighted by Crippen LogP contribution is -2.46. The molecule has 2 heterocycles. The minimum absolute atomic E-state index is 0.188. The van der Waals surface area contributed by atoms with Gasteiger partial charge in [-0.3, -0.25) is 14.6 Å². The van der Waals surface area contributed by atoms with Crippen molar-refractivity contribution in [2.75, 3.05) is 26.2 Å². The summed E-state index contributed by atoms with van der Waals surface area (Å²) in [5.74, 6) is 0. The smallest absolute Gasteiger partial charge is 0.194 e. The highest BCUT2D eigenvalue weighted by molar-refractivity contribution is 5.80. The Hall–Kier alpha value is -2.43. The number of fused-ring (bicyclic) bond motifs is 1. The van der Waals surface area contributed by atoms with Crippen molar-refractivity contribution < 1.29 is 0 Å². The Bertz CT molecular complexity index is 986. The zero-order chi connectivity index (χ0) is 18.8. The van der Waals surface area contributed by atoms with E-state index in [1.165, 1.54) is 5.56 Å². The molecule has 0 atom stereocenters. The number of nitrogens with zero attached hydrogens (tertiary/aromatic N) is 3. The maximum absolute atomic E-state index is 13.0. The Morgan fingerprint density at radius 2 is 1.41 bits per heavy atom. The van der Waals surface area contributed by atoms with Crippen molar-refractivity contribution in [2.24, 2.45) is 7.05 Å². The van der Waals surface area contributed by atoms with Gasteiger partial charge in [0.25, 0.3) is 0 Å². The van der Waals surface area contributed by atoms with Crippen molar-refractivity contribution in [3.63, 3.8) is 0 Å². The fourth-order valence-electron chi connectivity index (χ4n) is 4.03. The molecule has 1 aliphatic rings. The van der Waals surface area contributed by atoms with Crippen molar-refractivity contribution in [3.8, 4) is 0 Å². The van der Waals surface area contributed by atoms with Crippen LogP contribution in [0, 0.1) is 6.92 Å². The Balaban J connectivity index is 1.47. The third-order valence-corrected chi connectivity index (χ3v) is 5.82. The predicted molar refractivity (Wildman–Crippen MR) is 111 cm³/mol. The summed E-state index contributed by atoms with van der Waals surface area (Å²) in [4.78, 5) is 17.9. The fourth-order valence-corrected chi connectivity index (χ4v) is 4.03. The minimum Gasteiger partial charge on any atom is -0.347 e. The van der Waals surface area contributed by atoms with E-state index < -0.39 is 0 Å². The van der Waals surface area contributed by atoms with E-state index in [4.69, 9.17) is 0 Å². The molecular formula is C23H27N3O. The van der Waals surface area contributed by atoms with Gasteiger partial charge in [-0.25, -0.2) is 0 Å². The minimum atomic E-state index is 0.188. The van der Waals surface area contributed by atoms with E-state index >= 15 is 0 Å². The highest BCUT2D eigenvalue weighted by atomic mass is 16.1. The number of rotatable bonds is 4. The quantitative estimate of drug-likeness (QED) is 0.715. The van der Waals surface area contributed by atoms with Gasteiger partial charge in [0.2, 0.25) is 0 Å². The van der Waals surface area contributed by atoms with Gasteiger partial charge in [-0.15, -0.1) is 0 Å². The molecule has 0 unspecified atom stereocenters. The Labute approximate surface area is 160 Å². The number of hydrogen-bond donors (Lipinski definition) is 0. The lowest BCUT2D eigenvalue weighted by atomic mass is 10.1. The number of pyridine rings is 1. The van der Waals surface area contributed by atoms with E-state index in [2.05, 4.69) is 58.7 Å². The van der Waals surface area contributed by atoms with E-state index in [1.54, 1.807) is 0 Å². The summed E-state index contributed by atoms with van der Waals surface area (Å²) in [5.41, 5.74) is 4.58. The van der Waals surface area contributed by atoms with Crippen molar-refractivity contribution in [3.05, 3.63) is 81.6 Å². The topological polar surface area (TPSA) is 28.5 Å². The zero-order valence-electron chi connectivity index (χ0n) is 16.2. The van der Waals surface area contributed by atoms with Gasteiger partial charge in [0.15, 0.2) is 5.43 Å². The van der Waals surface area contributed by atoms with Crippen molar-refractivity contribution in [1.29, 1.82) is 0 Å². The number of para-hydroxylation sites is 1. The molecule has 0 N–H and O–H groups in total. The van der Waals surface area contributed by atoms with Gasteiger partial charge in [-0.05, 0) is 24.6 Å². The fraction of sp³-hybridized carbons (Fsp3) is 0.348. The third kappa shape index (κ3) is 3.68. The second-order valence-electron chi connectivity index (χ2n) is 7.51. The molecule has 0 aliphatic carbocycles. The molecule has 4 heteroatoms. The average molecular weight is 361 g/mol. The summed E-state index contributed by atoms with van der Waals surface area (Å²) in [5, 5.41) is 0.823. The van der Waals surface area contributed by atoms with Crippen LogP contribution >= 0.6 is 0 Å². The van der Waals surface area contributed by atoms with Crippen molar-refractivity contribution >= 4 is 10.9 Å². The van der Waals surface area contributed by atoms with Crippen molar-refractivity contribution in [2.45, 2.75) is 20.0 Å². The molecule has 0 spiro atoms. The van der Waals surface area contributed by atoms with E-state index in [-0.39, 0.29) is 5.43 Å².